The van der Waals surface area contributed by atoms with Crippen molar-refractivity contribution in [1.29, 1.82) is 0 Å². The summed E-state index contributed by atoms with van der Waals surface area (Å²) in [6.45, 7) is 3.49. The van der Waals surface area contributed by atoms with E-state index in [2.05, 4.69) is 35.6 Å². The number of aliphatic hydroxyl groups excluding tert-OH is 1. The maximum atomic E-state index is 12.3. The normalized spacial score (nSPS) is 12.5. The lowest BCUT2D eigenvalue weighted by molar-refractivity contribution is 0.0942. The Hall–Kier alpha value is -2.88. The van der Waals surface area contributed by atoms with Crippen LogP contribution in [0.4, 0.5) is 0 Å². The number of aromatic amines is 1. The molecule has 0 spiro atoms. The van der Waals surface area contributed by atoms with E-state index in [-0.39, 0.29) is 18.3 Å². The Morgan fingerprint density at radius 1 is 1.50 bits per heavy atom. The first kappa shape index (κ1) is 14.1. The van der Waals surface area contributed by atoms with Gasteiger partial charge in [-0.15, -0.1) is 0 Å². The van der Waals surface area contributed by atoms with Gasteiger partial charge in [-0.25, -0.2) is 9.97 Å². The standard InChI is InChI=1S/C12H14N8O2/c1-6-3-8(20-12(16-6)14-5-15-20)11(22)13-4-9-17-10(7(2)21)19-18-9/h3,5,7,21H,4H2,1-2H3,(H,13,22)(H,17,18,19)/t7-/m0/s1. The summed E-state index contributed by atoms with van der Waals surface area (Å²) in [5.74, 6) is 0.754. The molecule has 0 bridgehead atoms. The van der Waals surface area contributed by atoms with Crippen LogP contribution in [-0.2, 0) is 6.54 Å². The fraction of sp³-hybridized carbons (Fsp3) is 0.333. The van der Waals surface area contributed by atoms with Gasteiger partial charge in [0.15, 0.2) is 5.82 Å². The second-order valence-electron chi connectivity index (χ2n) is 4.75. The number of aliphatic hydroxyl groups is 1. The maximum absolute atomic E-state index is 12.3. The summed E-state index contributed by atoms with van der Waals surface area (Å²) in [7, 11) is 0. The number of nitrogens with one attached hydrogen (secondary N) is 2. The highest BCUT2D eigenvalue weighted by Crippen LogP contribution is 2.06. The summed E-state index contributed by atoms with van der Waals surface area (Å²) < 4.78 is 1.37. The van der Waals surface area contributed by atoms with Crippen LogP contribution in [0.2, 0.25) is 0 Å². The molecule has 0 unspecified atom stereocenters. The quantitative estimate of drug-likeness (QED) is 0.593. The van der Waals surface area contributed by atoms with Crippen LogP contribution in [-0.4, -0.2) is 45.8 Å². The molecule has 1 amide bonds. The van der Waals surface area contributed by atoms with Gasteiger partial charge in [0, 0.05) is 5.69 Å². The van der Waals surface area contributed by atoms with Crippen molar-refractivity contribution in [3.63, 3.8) is 0 Å². The molecule has 0 aliphatic rings. The van der Waals surface area contributed by atoms with E-state index in [0.717, 1.165) is 0 Å². The van der Waals surface area contributed by atoms with Gasteiger partial charge >= 0.3 is 0 Å². The van der Waals surface area contributed by atoms with Crippen LogP contribution in [0.3, 0.4) is 0 Å². The number of hydrogen-bond donors (Lipinski definition) is 3. The molecular formula is C12H14N8O2. The predicted octanol–water partition coefficient (Wildman–Crippen LogP) is -0.466. The van der Waals surface area contributed by atoms with Gasteiger partial charge in [0.25, 0.3) is 11.7 Å². The molecular weight excluding hydrogens is 288 g/mol. The van der Waals surface area contributed by atoms with E-state index in [9.17, 15) is 9.90 Å². The zero-order chi connectivity index (χ0) is 15.7. The Labute approximate surface area is 124 Å². The minimum absolute atomic E-state index is 0.149. The van der Waals surface area contributed by atoms with Gasteiger partial charge in [-0.3, -0.25) is 9.89 Å². The van der Waals surface area contributed by atoms with Crippen molar-refractivity contribution >= 4 is 11.7 Å². The number of aryl methyl sites for hydroxylation is 1. The lowest BCUT2D eigenvalue weighted by Gasteiger charge is -2.05. The molecule has 1 atom stereocenters. The van der Waals surface area contributed by atoms with Crippen LogP contribution >= 0.6 is 0 Å². The lowest BCUT2D eigenvalue weighted by Crippen LogP contribution is -2.26. The van der Waals surface area contributed by atoms with Gasteiger partial charge in [0.1, 0.15) is 23.9 Å². The van der Waals surface area contributed by atoms with E-state index in [0.29, 0.717) is 23.0 Å². The van der Waals surface area contributed by atoms with E-state index in [1.807, 2.05) is 0 Å². The summed E-state index contributed by atoms with van der Waals surface area (Å²) in [6.07, 6.45) is 0.572. The minimum Gasteiger partial charge on any atom is -0.385 e. The number of carbonyl (C=O) groups excluding carboxylic acids is 1. The van der Waals surface area contributed by atoms with E-state index in [4.69, 9.17) is 0 Å². The van der Waals surface area contributed by atoms with E-state index in [1.165, 1.54) is 10.8 Å². The van der Waals surface area contributed by atoms with E-state index >= 15 is 0 Å². The summed E-state index contributed by atoms with van der Waals surface area (Å²) in [5.41, 5.74) is 0.997. The highest BCUT2D eigenvalue weighted by atomic mass is 16.3. The van der Waals surface area contributed by atoms with Crippen molar-refractivity contribution in [3.05, 3.63) is 35.4 Å². The number of amides is 1. The van der Waals surface area contributed by atoms with Crippen LogP contribution in [0.25, 0.3) is 5.78 Å². The number of H-pyrrole nitrogens is 1. The molecule has 114 valence electrons. The summed E-state index contributed by atoms with van der Waals surface area (Å²) >= 11 is 0. The summed E-state index contributed by atoms with van der Waals surface area (Å²) in [4.78, 5) is 24.5. The summed E-state index contributed by atoms with van der Waals surface area (Å²) in [6, 6.07) is 1.62. The van der Waals surface area contributed by atoms with Crippen LogP contribution in [0.15, 0.2) is 12.4 Å². The molecule has 0 saturated heterocycles. The van der Waals surface area contributed by atoms with Gasteiger partial charge < -0.3 is 10.4 Å². The van der Waals surface area contributed by atoms with Crippen molar-refractivity contribution in [1.82, 2.24) is 40.1 Å². The molecule has 10 nitrogen and oxygen atoms in total. The predicted molar refractivity (Wildman–Crippen MR) is 73.7 cm³/mol. The fourth-order valence-corrected chi connectivity index (χ4v) is 1.92. The fourth-order valence-electron chi connectivity index (χ4n) is 1.92. The number of nitrogens with zero attached hydrogens (tertiary/aromatic N) is 6. The Morgan fingerprint density at radius 2 is 2.32 bits per heavy atom. The van der Waals surface area contributed by atoms with Crippen LogP contribution < -0.4 is 5.32 Å². The Kier molecular flexibility index (Phi) is 3.51. The second-order valence-corrected chi connectivity index (χ2v) is 4.75. The maximum Gasteiger partial charge on any atom is 0.270 e. The highest BCUT2D eigenvalue weighted by Gasteiger charge is 2.14. The first-order valence-corrected chi connectivity index (χ1v) is 6.59. The molecule has 3 aromatic rings. The zero-order valence-electron chi connectivity index (χ0n) is 12.0. The molecule has 3 heterocycles. The van der Waals surface area contributed by atoms with Crippen molar-refractivity contribution < 1.29 is 9.90 Å². The molecule has 0 saturated carbocycles. The Balaban J connectivity index is 1.77. The number of carbonyl (C=O) groups is 1. The minimum atomic E-state index is -0.765. The number of aromatic nitrogens is 7. The van der Waals surface area contributed by atoms with E-state index < -0.39 is 6.10 Å². The van der Waals surface area contributed by atoms with Crippen LogP contribution in [0, 0.1) is 6.92 Å². The average Bonchev–Trinajstić information content (AvgIpc) is 3.12. The third-order valence-corrected chi connectivity index (χ3v) is 2.95. The molecule has 3 aromatic heterocycles. The van der Waals surface area contributed by atoms with Crippen LogP contribution in [0.1, 0.15) is 40.9 Å². The molecule has 0 aliphatic heterocycles. The average molecular weight is 302 g/mol. The Bertz CT molecular complexity index is 822. The van der Waals surface area contributed by atoms with Gasteiger partial charge in [-0.05, 0) is 19.9 Å². The lowest BCUT2D eigenvalue weighted by atomic mass is 10.3. The van der Waals surface area contributed by atoms with Crippen LogP contribution in [0.5, 0.6) is 0 Å². The molecule has 3 rings (SSSR count). The molecule has 0 fully saturated rings. The van der Waals surface area contributed by atoms with Gasteiger partial charge in [0.2, 0.25) is 0 Å². The summed E-state index contributed by atoms with van der Waals surface area (Å²) in [5, 5.41) is 22.5. The molecule has 3 N–H and O–H groups in total. The van der Waals surface area contributed by atoms with Gasteiger partial charge in [-0.2, -0.15) is 19.7 Å². The first-order valence-electron chi connectivity index (χ1n) is 6.59. The van der Waals surface area contributed by atoms with Crippen molar-refractivity contribution in [2.75, 3.05) is 0 Å². The molecule has 0 radical (unpaired) electrons. The SMILES string of the molecule is Cc1cc(C(=O)NCc2nc([C@H](C)O)n[nH]2)n2ncnc2n1. The topological polar surface area (TPSA) is 134 Å². The molecule has 10 heteroatoms. The van der Waals surface area contributed by atoms with Crippen molar-refractivity contribution in [2.45, 2.75) is 26.5 Å². The largest absolute Gasteiger partial charge is 0.385 e. The van der Waals surface area contributed by atoms with Crippen molar-refractivity contribution in [3.8, 4) is 0 Å². The zero-order valence-corrected chi connectivity index (χ0v) is 12.0. The van der Waals surface area contributed by atoms with Gasteiger partial charge in [0.05, 0.1) is 6.54 Å². The third-order valence-electron chi connectivity index (χ3n) is 2.95. The van der Waals surface area contributed by atoms with Gasteiger partial charge in [-0.1, -0.05) is 0 Å². The monoisotopic (exact) mass is 302 g/mol. The number of hydrogen-bond acceptors (Lipinski definition) is 7. The first-order chi connectivity index (χ1) is 10.5. The molecule has 22 heavy (non-hydrogen) atoms. The third kappa shape index (κ3) is 2.63. The Morgan fingerprint density at radius 3 is 3.05 bits per heavy atom. The smallest absolute Gasteiger partial charge is 0.270 e. The number of rotatable bonds is 4. The molecule has 0 aromatic carbocycles. The second kappa shape index (κ2) is 5.48. The van der Waals surface area contributed by atoms with E-state index in [1.54, 1.807) is 19.9 Å². The van der Waals surface area contributed by atoms with Crippen molar-refractivity contribution in [2.24, 2.45) is 0 Å². The molecule has 0 aliphatic carbocycles. The highest BCUT2D eigenvalue weighted by molar-refractivity contribution is 5.92. The number of fused-ring (bicyclic) bond motifs is 1.